The fourth-order valence-electron chi connectivity index (χ4n) is 3.31. The molecule has 0 spiro atoms. The first-order valence-electron chi connectivity index (χ1n) is 10.1. The molecule has 27 heavy (non-hydrogen) atoms. The number of ketones is 1. The molecule has 1 aliphatic rings. The number of amides is 1. The van der Waals surface area contributed by atoms with Gasteiger partial charge in [-0.2, -0.15) is 0 Å². The average Bonchev–Trinajstić information content (AvgIpc) is 3.03. The van der Waals surface area contributed by atoms with Crippen molar-refractivity contribution in [2.75, 3.05) is 6.54 Å². The van der Waals surface area contributed by atoms with E-state index in [4.69, 9.17) is 0 Å². The van der Waals surface area contributed by atoms with E-state index in [9.17, 15) is 9.59 Å². The Morgan fingerprint density at radius 1 is 1.04 bits per heavy atom. The molecule has 4 nitrogen and oxygen atoms in total. The largest absolute Gasteiger partial charge is 0.316 e. The van der Waals surface area contributed by atoms with Crippen molar-refractivity contribution in [3.63, 3.8) is 0 Å². The maximum absolute atomic E-state index is 12.8. The van der Waals surface area contributed by atoms with E-state index in [1.165, 1.54) is 12.8 Å². The van der Waals surface area contributed by atoms with Gasteiger partial charge in [0.1, 0.15) is 5.78 Å². The highest BCUT2D eigenvalue weighted by Crippen LogP contribution is 2.17. The van der Waals surface area contributed by atoms with E-state index in [-0.39, 0.29) is 5.91 Å². The number of Topliss-reactive ketones (excluding diaryl/α,β-unsaturated/α-hetero) is 1. The van der Waals surface area contributed by atoms with Gasteiger partial charge in [-0.3, -0.25) is 9.59 Å². The van der Waals surface area contributed by atoms with Crippen molar-refractivity contribution in [1.29, 1.82) is 0 Å². The lowest BCUT2D eigenvalue weighted by atomic mass is 10.0. The van der Waals surface area contributed by atoms with Crippen LogP contribution in [0.1, 0.15) is 81.8 Å². The van der Waals surface area contributed by atoms with Crippen LogP contribution in [0.2, 0.25) is 0 Å². The summed E-state index contributed by atoms with van der Waals surface area (Å²) in [6, 6.07) is 0. The third-order valence-corrected chi connectivity index (χ3v) is 5.62. The van der Waals surface area contributed by atoms with Gasteiger partial charge >= 0.3 is 0 Å². The van der Waals surface area contributed by atoms with E-state index in [1.807, 2.05) is 30.2 Å². The van der Waals surface area contributed by atoms with Crippen molar-refractivity contribution in [2.24, 2.45) is 0 Å². The summed E-state index contributed by atoms with van der Waals surface area (Å²) in [6.45, 7) is 4.63. The molecule has 1 aliphatic heterocycles. The second kappa shape index (κ2) is 11.9. The normalized spacial score (nSPS) is 19.5. The van der Waals surface area contributed by atoms with E-state index < -0.39 is 0 Å². The molecule has 0 radical (unpaired) electrons. The van der Waals surface area contributed by atoms with Gasteiger partial charge in [-0.25, -0.2) is 4.98 Å². The molecule has 0 aromatic carbocycles. The molecule has 0 bridgehead atoms. The number of carbonyl (C=O) groups excluding carboxylic acids is 2. The third-order valence-electron chi connectivity index (χ3n) is 4.83. The lowest BCUT2D eigenvalue weighted by Crippen LogP contribution is -2.30. The lowest BCUT2D eigenvalue weighted by molar-refractivity contribution is -0.129. The Labute approximate surface area is 167 Å². The summed E-state index contributed by atoms with van der Waals surface area (Å²) in [5.74, 6) is 0.399. The Balaban J connectivity index is 2.05. The van der Waals surface area contributed by atoms with Crippen molar-refractivity contribution in [3.05, 3.63) is 33.9 Å². The number of allylic oxidation sites excluding steroid dienone is 2. The topological polar surface area (TPSA) is 50.3 Å². The molecule has 2 rings (SSSR count). The number of hydrogen-bond acceptors (Lipinski definition) is 4. The van der Waals surface area contributed by atoms with E-state index in [0.29, 0.717) is 38.0 Å². The molecule has 5 heteroatoms. The first-order chi connectivity index (χ1) is 13.1. The third kappa shape index (κ3) is 8.21. The van der Waals surface area contributed by atoms with Gasteiger partial charge in [0.2, 0.25) is 5.91 Å². The zero-order chi connectivity index (χ0) is 19.5. The summed E-state index contributed by atoms with van der Waals surface area (Å²) in [4.78, 5) is 31.1. The molecule has 2 heterocycles. The van der Waals surface area contributed by atoms with Crippen LogP contribution in [0.15, 0.2) is 23.2 Å². The van der Waals surface area contributed by atoms with Crippen molar-refractivity contribution < 1.29 is 9.59 Å². The number of aromatic nitrogens is 1. The molecule has 0 saturated carbocycles. The minimum atomic E-state index is 0.101. The van der Waals surface area contributed by atoms with Crippen LogP contribution in [0, 0.1) is 6.92 Å². The Morgan fingerprint density at radius 2 is 1.78 bits per heavy atom. The van der Waals surface area contributed by atoms with E-state index in [1.54, 1.807) is 11.3 Å². The number of thiazole rings is 1. The van der Waals surface area contributed by atoms with Gasteiger partial charge in [0.05, 0.1) is 10.7 Å². The Bertz CT molecular complexity index is 676. The summed E-state index contributed by atoms with van der Waals surface area (Å²) in [6.07, 6.45) is 15.1. The lowest BCUT2D eigenvalue weighted by Gasteiger charge is -2.23. The van der Waals surface area contributed by atoms with E-state index >= 15 is 0 Å². The quantitative estimate of drug-likeness (QED) is 0.612. The zero-order valence-corrected chi connectivity index (χ0v) is 17.5. The number of aryl methyl sites for hydroxylation is 1. The number of carbonyl (C=O) groups is 2. The summed E-state index contributed by atoms with van der Waals surface area (Å²) < 4.78 is 0. The summed E-state index contributed by atoms with van der Waals surface area (Å²) >= 11 is 1.61. The molecule has 0 fully saturated rings. The van der Waals surface area contributed by atoms with Gasteiger partial charge in [-0.1, -0.05) is 25.0 Å². The molecule has 1 amide bonds. The Kier molecular flexibility index (Phi) is 9.46. The molecule has 0 N–H and O–H groups in total. The fraction of sp³-hybridized carbons (Fsp3) is 0.591. The van der Waals surface area contributed by atoms with Crippen LogP contribution in [0.4, 0.5) is 0 Å². The van der Waals surface area contributed by atoms with Gasteiger partial charge in [0.15, 0.2) is 0 Å². The molecule has 0 atom stereocenters. The highest BCUT2D eigenvalue weighted by atomic mass is 32.1. The second-order valence-electron chi connectivity index (χ2n) is 7.23. The fourth-order valence-corrected chi connectivity index (χ4v) is 3.88. The van der Waals surface area contributed by atoms with Crippen molar-refractivity contribution in [1.82, 2.24) is 9.88 Å². The van der Waals surface area contributed by atoms with Crippen LogP contribution in [0.3, 0.4) is 0 Å². The Hall–Kier alpha value is -1.75. The minimum absolute atomic E-state index is 0.101. The van der Waals surface area contributed by atoms with Crippen LogP contribution in [0.5, 0.6) is 0 Å². The van der Waals surface area contributed by atoms with Crippen molar-refractivity contribution in [2.45, 2.75) is 78.1 Å². The molecule has 1 aromatic heterocycles. The molecule has 1 aromatic rings. The van der Waals surface area contributed by atoms with Gasteiger partial charge in [0, 0.05) is 36.9 Å². The smallest absolute Gasteiger partial charge is 0.226 e. The monoisotopic (exact) mass is 388 g/mol. The summed E-state index contributed by atoms with van der Waals surface area (Å²) in [5.41, 5.74) is 1.83. The van der Waals surface area contributed by atoms with Crippen LogP contribution in [-0.2, 0) is 9.59 Å². The van der Waals surface area contributed by atoms with Gasteiger partial charge in [-0.15, -0.1) is 11.3 Å². The highest BCUT2D eigenvalue weighted by molar-refractivity contribution is 7.09. The molecule has 0 aliphatic carbocycles. The van der Waals surface area contributed by atoms with Crippen molar-refractivity contribution >= 4 is 29.1 Å². The Morgan fingerprint density at radius 3 is 2.56 bits per heavy atom. The predicted octanol–water partition coefficient (Wildman–Crippen LogP) is 5.68. The molecular weight excluding hydrogens is 356 g/mol. The standard InChI is InChI=1S/C22H32N2O2S/c1-18(16-20-17-27-19(2)23-20)24-15-10-8-6-4-3-5-7-9-12-21(25)13-11-14-22(24)26/h6,8,16-17H,3-5,7,9-15H2,1-2H3. The number of nitrogens with zero attached hydrogens (tertiary/aromatic N) is 2. The molecule has 0 saturated heterocycles. The second-order valence-corrected chi connectivity index (χ2v) is 8.29. The first-order valence-corrected chi connectivity index (χ1v) is 11.0. The minimum Gasteiger partial charge on any atom is -0.316 e. The number of rotatable bonds is 2. The van der Waals surface area contributed by atoms with Crippen LogP contribution >= 0.6 is 11.3 Å². The molecule has 0 unspecified atom stereocenters. The van der Waals surface area contributed by atoms with E-state index in [0.717, 1.165) is 42.1 Å². The van der Waals surface area contributed by atoms with Crippen LogP contribution in [0.25, 0.3) is 6.08 Å². The zero-order valence-electron chi connectivity index (χ0n) is 16.7. The van der Waals surface area contributed by atoms with Crippen LogP contribution < -0.4 is 0 Å². The SMILES string of the molecule is CC(=Cc1csc(C)n1)N1CCC=CCCCCCCC(=O)CCCC1=O. The summed E-state index contributed by atoms with van der Waals surface area (Å²) in [7, 11) is 0. The van der Waals surface area contributed by atoms with Gasteiger partial charge in [0.25, 0.3) is 0 Å². The average molecular weight is 389 g/mol. The maximum atomic E-state index is 12.8. The first kappa shape index (κ1) is 21.5. The summed E-state index contributed by atoms with van der Waals surface area (Å²) in [5, 5.41) is 3.04. The highest BCUT2D eigenvalue weighted by Gasteiger charge is 2.15. The number of hydrogen-bond donors (Lipinski definition) is 0. The van der Waals surface area contributed by atoms with Gasteiger partial charge in [-0.05, 0) is 52.0 Å². The predicted molar refractivity (Wildman–Crippen MR) is 113 cm³/mol. The van der Waals surface area contributed by atoms with Crippen molar-refractivity contribution in [3.8, 4) is 0 Å². The van der Waals surface area contributed by atoms with Crippen LogP contribution in [-0.4, -0.2) is 28.1 Å². The van der Waals surface area contributed by atoms with Gasteiger partial charge < -0.3 is 4.90 Å². The molecular formula is C22H32N2O2S. The van der Waals surface area contributed by atoms with E-state index in [2.05, 4.69) is 17.1 Å². The maximum Gasteiger partial charge on any atom is 0.226 e. The molecule has 148 valence electrons.